The summed E-state index contributed by atoms with van der Waals surface area (Å²) in [5, 5.41) is 10.2. The van der Waals surface area contributed by atoms with Crippen molar-refractivity contribution in [2.24, 2.45) is 0 Å². The molecule has 0 saturated carbocycles. The quantitative estimate of drug-likeness (QED) is 0.765. The van der Waals surface area contributed by atoms with E-state index in [0.717, 1.165) is 16.9 Å². The Morgan fingerprint density at radius 2 is 1.46 bits per heavy atom. The molecule has 28 heavy (non-hydrogen) atoms. The highest BCUT2D eigenvalue weighted by molar-refractivity contribution is 7.89. The van der Waals surface area contributed by atoms with E-state index in [9.17, 15) is 13.5 Å². The zero-order chi connectivity index (χ0) is 20.1. The number of aliphatic hydroxyl groups excluding tert-OH is 1. The first kappa shape index (κ1) is 20.8. The number of aliphatic hydroxyl groups is 1. The molecule has 0 aliphatic carbocycles. The minimum Gasteiger partial charge on any atom is -0.491 e. The van der Waals surface area contributed by atoms with E-state index in [4.69, 9.17) is 4.74 Å². The molecular weight excluding hydrogens is 376 g/mol. The Balaban J connectivity index is 1.46. The molecule has 7 heteroatoms. The third kappa shape index (κ3) is 5.32. The van der Waals surface area contributed by atoms with Gasteiger partial charge in [-0.2, -0.15) is 4.31 Å². The lowest BCUT2D eigenvalue weighted by molar-refractivity contribution is 0.0569. The zero-order valence-corrected chi connectivity index (χ0v) is 17.2. The Kier molecular flexibility index (Phi) is 6.72. The van der Waals surface area contributed by atoms with E-state index in [1.54, 1.807) is 12.1 Å². The first-order valence-electron chi connectivity index (χ1n) is 9.51. The molecule has 2 aromatic rings. The molecule has 1 aliphatic rings. The number of ether oxygens (including phenoxy) is 1. The van der Waals surface area contributed by atoms with Crippen LogP contribution in [-0.2, 0) is 10.0 Å². The van der Waals surface area contributed by atoms with Gasteiger partial charge in [-0.25, -0.2) is 8.42 Å². The smallest absolute Gasteiger partial charge is 0.243 e. The maximum atomic E-state index is 12.7. The predicted molar refractivity (Wildman–Crippen MR) is 109 cm³/mol. The molecule has 0 radical (unpaired) electrons. The minimum absolute atomic E-state index is 0.213. The summed E-state index contributed by atoms with van der Waals surface area (Å²) in [5.41, 5.74) is 2.19. The number of aryl methyl sites for hydroxylation is 2. The van der Waals surface area contributed by atoms with Gasteiger partial charge >= 0.3 is 0 Å². The topological polar surface area (TPSA) is 70.1 Å². The minimum atomic E-state index is -3.46. The molecule has 0 spiro atoms. The maximum Gasteiger partial charge on any atom is 0.243 e. The fraction of sp³-hybridized carbons (Fsp3) is 0.429. The number of rotatable bonds is 7. The van der Waals surface area contributed by atoms with Crippen molar-refractivity contribution in [2.75, 3.05) is 39.3 Å². The van der Waals surface area contributed by atoms with Crippen molar-refractivity contribution < 1.29 is 18.3 Å². The summed E-state index contributed by atoms with van der Waals surface area (Å²) >= 11 is 0. The highest BCUT2D eigenvalue weighted by atomic mass is 32.2. The van der Waals surface area contributed by atoms with Gasteiger partial charge in [0, 0.05) is 32.7 Å². The lowest BCUT2D eigenvalue weighted by atomic mass is 10.2. The van der Waals surface area contributed by atoms with E-state index in [2.05, 4.69) is 4.90 Å². The third-order valence-corrected chi connectivity index (χ3v) is 6.84. The molecule has 0 bridgehead atoms. The second-order valence-corrected chi connectivity index (χ2v) is 9.23. The normalized spacial score (nSPS) is 17.4. The fourth-order valence-electron chi connectivity index (χ4n) is 3.19. The average molecular weight is 405 g/mol. The van der Waals surface area contributed by atoms with Crippen LogP contribution in [0.15, 0.2) is 53.4 Å². The van der Waals surface area contributed by atoms with Gasteiger partial charge in [0.05, 0.1) is 4.90 Å². The fourth-order valence-corrected chi connectivity index (χ4v) is 4.61. The van der Waals surface area contributed by atoms with Crippen LogP contribution in [0.5, 0.6) is 5.75 Å². The monoisotopic (exact) mass is 404 g/mol. The second kappa shape index (κ2) is 9.05. The largest absolute Gasteiger partial charge is 0.491 e. The Hall–Kier alpha value is -1.93. The van der Waals surface area contributed by atoms with E-state index >= 15 is 0 Å². The number of β-amino-alcohol motifs (C(OH)–C–C–N with tert-alkyl or cyclic N) is 1. The predicted octanol–water partition coefficient (Wildman–Crippen LogP) is 2.05. The van der Waals surface area contributed by atoms with Gasteiger partial charge in [-0.15, -0.1) is 0 Å². The molecule has 6 nitrogen and oxygen atoms in total. The molecule has 1 fully saturated rings. The standard InChI is InChI=1S/C21H28N2O4S/c1-17-3-7-20(8-4-17)27-16-19(24)15-22-11-13-23(14-12-22)28(25,26)21-9-5-18(2)6-10-21/h3-10,19,24H,11-16H2,1-2H3. The Morgan fingerprint density at radius 3 is 2.04 bits per heavy atom. The SMILES string of the molecule is Cc1ccc(OCC(O)CN2CCN(S(=O)(=O)c3ccc(C)cc3)CC2)cc1. The molecule has 1 heterocycles. The summed E-state index contributed by atoms with van der Waals surface area (Å²) in [6, 6.07) is 14.6. The summed E-state index contributed by atoms with van der Waals surface area (Å²) in [7, 11) is -3.46. The van der Waals surface area contributed by atoms with Crippen LogP contribution in [0.25, 0.3) is 0 Å². The van der Waals surface area contributed by atoms with Crippen LogP contribution in [0.4, 0.5) is 0 Å². The van der Waals surface area contributed by atoms with Crippen LogP contribution in [0.1, 0.15) is 11.1 Å². The van der Waals surface area contributed by atoms with Crippen molar-refractivity contribution in [2.45, 2.75) is 24.8 Å². The zero-order valence-electron chi connectivity index (χ0n) is 16.4. The van der Waals surface area contributed by atoms with Crippen molar-refractivity contribution in [3.05, 3.63) is 59.7 Å². The van der Waals surface area contributed by atoms with E-state index < -0.39 is 16.1 Å². The lowest BCUT2D eigenvalue weighted by Crippen LogP contribution is -2.50. The summed E-state index contributed by atoms with van der Waals surface area (Å²) in [6.45, 7) is 6.64. The third-order valence-electron chi connectivity index (χ3n) is 4.92. The number of piperazine rings is 1. The van der Waals surface area contributed by atoms with Crippen molar-refractivity contribution in [3.63, 3.8) is 0 Å². The van der Waals surface area contributed by atoms with Crippen molar-refractivity contribution in [3.8, 4) is 5.75 Å². The number of nitrogens with zero attached hydrogens (tertiary/aromatic N) is 2. The molecule has 1 unspecified atom stereocenters. The summed E-state index contributed by atoms with van der Waals surface area (Å²) < 4.78 is 32.6. The molecule has 1 atom stereocenters. The summed E-state index contributed by atoms with van der Waals surface area (Å²) in [5.74, 6) is 0.735. The van der Waals surface area contributed by atoms with Crippen LogP contribution in [-0.4, -0.2) is 68.2 Å². The van der Waals surface area contributed by atoms with Gasteiger partial charge in [0.15, 0.2) is 0 Å². The Labute approximate surface area is 167 Å². The molecule has 0 aromatic heterocycles. The first-order valence-corrected chi connectivity index (χ1v) is 11.0. The average Bonchev–Trinajstić information content (AvgIpc) is 2.68. The van der Waals surface area contributed by atoms with Gasteiger partial charge in [0.1, 0.15) is 18.5 Å². The van der Waals surface area contributed by atoms with Gasteiger partial charge in [-0.1, -0.05) is 35.4 Å². The van der Waals surface area contributed by atoms with Gasteiger partial charge in [-0.3, -0.25) is 4.90 Å². The Bertz CT molecular complexity index is 858. The van der Waals surface area contributed by atoms with Gasteiger partial charge < -0.3 is 9.84 Å². The second-order valence-electron chi connectivity index (χ2n) is 7.30. The summed E-state index contributed by atoms with van der Waals surface area (Å²) in [4.78, 5) is 2.41. The lowest BCUT2D eigenvalue weighted by Gasteiger charge is -2.34. The first-order chi connectivity index (χ1) is 13.3. The highest BCUT2D eigenvalue weighted by Crippen LogP contribution is 2.18. The van der Waals surface area contributed by atoms with Crippen LogP contribution in [0, 0.1) is 13.8 Å². The molecule has 1 aliphatic heterocycles. The van der Waals surface area contributed by atoms with Crippen LogP contribution in [0.3, 0.4) is 0 Å². The molecule has 1 N–H and O–H groups in total. The van der Waals surface area contributed by atoms with E-state index in [0.29, 0.717) is 37.6 Å². The highest BCUT2D eigenvalue weighted by Gasteiger charge is 2.29. The molecule has 0 amide bonds. The van der Waals surface area contributed by atoms with E-state index in [-0.39, 0.29) is 6.61 Å². The van der Waals surface area contributed by atoms with Gasteiger partial charge in [-0.05, 0) is 38.1 Å². The Morgan fingerprint density at radius 1 is 0.929 bits per heavy atom. The molecule has 152 valence electrons. The van der Waals surface area contributed by atoms with Crippen LogP contribution < -0.4 is 4.74 Å². The summed E-state index contributed by atoms with van der Waals surface area (Å²) in [6.07, 6.45) is -0.624. The molecule has 1 saturated heterocycles. The van der Waals surface area contributed by atoms with E-state index in [1.807, 2.05) is 50.2 Å². The van der Waals surface area contributed by atoms with Crippen molar-refractivity contribution >= 4 is 10.0 Å². The number of hydrogen-bond acceptors (Lipinski definition) is 5. The number of benzene rings is 2. The van der Waals surface area contributed by atoms with Crippen molar-refractivity contribution in [1.29, 1.82) is 0 Å². The number of sulfonamides is 1. The van der Waals surface area contributed by atoms with Gasteiger partial charge in [0.25, 0.3) is 0 Å². The molecular formula is C21H28N2O4S. The molecule has 2 aromatic carbocycles. The van der Waals surface area contributed by atoms with Gasteiger partial charge in [0.2, 0.25) is 10.0 Å². The van der Waals surface area contributed by atoms with E-state index in [1.165, 1.54) is 4.31 Å². The van der Waals surface area contributed by atoms with Crippen molar-refractivity contribution in [1.82, 2.24) is 9.21 Å². The number of hydrogen-bond donors (Lipinski definition) is 1. The van der Waals surface area contributed by atoms with Crippen LogP contribution >= 0.6 is 0 Å². The van der Waals surface area contributed by atoms with Crippen LogP contribution in [0.2, 0.25) is 0 Å². The molecule has 3 rings (SSSR count). The maximum absolute atomic E-state index is 12.7.